The van der Waals surface area contributed by atoms with Crippen LogP contribution in [0, 0.1) is 6.92 Å². The molecule has 0 bridgehead atoms. The topological polar surface area (TPSA) is 75.6 Å². The Kier molecular flexibility index (Phi) is 6.83. The third kappa shape index (κ3) is 4.42. The van der Waals surface area contributed by atoms with E-state index in [9.17, 15) is 14.7 Å². The van der Waals surface area contributed by atoms with E-state index in [1.807, 2.05) is 31.2 Å². The van der Waals surface area contributed by atoms with Crippen molar-refractivity contribution in [1.29, 1.82) is 0 Å². The van der Waals surface area contributed by atoms with Crippen molar-refractivity contribution in [3.63, 3.8) is 0 Å². The first kappa shape index (κ1) is 22.0. The number of carboxylic acids is 1. The molecule has 2 aromatic carbocycles. The molecule has 1 amide bonds. The number of carboxylic acid groups (broad SMARTS) is 1. The number of amides is 1. The summed E-state index contributed by atoms with van der Waals surface area (Å²) in [5, 5.41) is 14.1. The van der Waals surface area contributed by atoms with Gasteiger partial charge in [0.05, 0.1) is 32.2 Å². The number of carbonyl (C=O) groups excluding carboxylic acids is 1. The van der Waals surface area contributed by atoms with Crippen LogP contribution in [-0.4, -0.2) is 24.1 Å². The van der Waals surface area contributed by atoms with Crippen LogP contribution in [0.2, 0.25) is 0 Å². The molecule has 3 rings (SSSR count). The van der Waals surface area contributed by atoms with Gasteiger partial charge in [-0.05, 0) is 66.3 Å². The van der Waals surface area contributed by atoms with E-state index < -0.39 is 11.9 Å². The zero-order valence-electron chi connectivity index (χ0n) is 15.2. The van der Waals surface area contributed by atoms with E-state index in [1.165, 1.54) is 18.4 Å². The summed E-state index contributed by atoms with van der Waals surface area (Å²) in [4.78, 5) is 25.4. The van der Waals surface area contributed by atoms with Crippen LogP contribution in [0.15, 0.2) is 49.1 Å². The van der Waals surface area contributed by atoms with E-state index in [4.69, 9.17) is 4.74 Å². The van der Waals surface area contributed by atoms with E-state index in [1.54, 1.807) is 11.4 Å². The van der Waals surface area contributed by atoms with Gasteiger partial charge in [-0.15, -0.1) is 11.3 Å². The Balaban J connectivity index is 2.00. The second-order valence-corrected chi connectivity index (χ2v) is 9.37. The van der Waals surface area contributed by atoms with Gasteiger partial charge < -0.3 is 15.2 Å². The van der Waals surface area contributed by atoms with Crippen molar-refractivity contribution in [2.24, 2.45) is 0 Å². The number of carbonyl (C=O) groups is 2. The lowest BCUT2D eigenvalue weighted by molar-refractivity contribution is 0.0699. The maximum atomic E-state index is 12.9. The first-order valence-corrected chi connectivity index (χ1v) is 11.4. The number of halogens is 3. The normalized spacial score (nSPS) is 10.7. The minimum atomic E-state index is -1.10. The third-order valence-electron chi connectivity index (χ3n) is 4.13. The second-order valence-electron chi connectivity index (χ2n) is 6.05. The lowest BCUT2D eigenvalue weighted by Crippen LogP contribution is -2.15. The SMILES string of the molecule is COc1c(Br)cc(C(=O)Nc2csc(-c3ccc(C)cc3)c2C(=O)O)c(Br)c1Br. The molecule has 150 valence electrons. The smallest absolute Gasteiger partial charge is 0.339 e. The fraction of sp³-hybridized carbons (Fsp3) is 0.100. The molecule has 2 N–H and O–H groups in total. The van der Waals surface area contributed by atoms with E-state index in [0.717, 1.165) is 11.1 Å². The van der Waals surface area contributed by atoms with Gasteiger partial charge in [0, 0.05) is 9.85 Å². The highest BCUT2D eigenvalue weighted by molar-refractivity contribution is 9.13. The lowest BCUT2D eigenvalue weighted by Gasteiger charge is -2.13. The van der Waals surface area contributed by atoms with Crippen molar-refractivity contribution < 1.29 is 19.4 Å². The van der Waals surface area contributed by atoms with E-state index in [2.05, 4.69) is 53.1 Å². The number of rotatable bonds is 5. The van der Waals surface area contributed by atoms with E-state index in [0.29, 0.717) is 29.6 Å². The average molecular weight is 604 g/mol. The molecule has 1 heterocycles. The van der Waals surface area contributed by atoms with Crippen LogP contribution in [-0.2, 0) is 0 Å². The van der Waals surface area contributed by atoms with Crippen molar-refractivity contribution in [3.05, 3.63) is 65.8 Å². The molecule has 0 fully saturated rings. The van der Waals surface area contributed by atoms with Crippen molar-refractivity contribution in [3.8, 4) is 16.2 Å². The predicted octanol–water partition coefficient (Wildman–Crippen LogP) is 6.97. The van der Waals surface area contributed by atoms with Gasteiger partial charge in [0.25, 0.3) is 5.91 Å². The van der Waals surface area contributed by atoms with Crippen LogP contribution in [0.25, 0.3) is 10.4 Å². The van der Waals surface area contributed by atoms with Gasteiger partial charge in [-0.25, -0.2) is 4.79 Å². The zero-order chi connectivity index (χ0) is 21.3. The molecule has 0 spiro atoms. The summed E-state index contributed by atoms with van der Waals surface area (Å²) in [6.45, 7) is 1.96. The number of ether oxygens (including phenoxy) is 1. The van der Waals surface area contributed by atoms with Crippen LogP contribution >= 0.6 is 59.1 Å². The molecule has 29 heavy (non-hydrogen) atoms. The number of nitrogens with one attached hydrogen (secondary N) is 1. The van der Waals surface area contributed by atoms with E-state index in [-0.39, 0.29) is 11.3 Å². The van der Waals surface area contributed by atoms with Gasteiger partial charge in [-0.1, -0.05) is 29.8 Å². The number of anilines is 1. The average Bonchev–Trinajstić information content (AvgIpc) is 3.09. The first-order chi connectivity index (χ1) is 13.7. The summed E-state index contributed by atoms with van der Waals surface area (Å²) in [7, 11) is 1.52. The lowest BCUT2D eigenvalue weighted by atomic mass is 10.1. The number of benzene rings is 2. The van der Waals surface area contributed by atoms with Gasteiger partial charge in [-0.3, -0.25) is 4.79 Å². The van der Waals surface area contributed by atoms with Gasteiger partial charge in [0.15, 0.2) is 0 Å². The summed E-state index contributed by atoms with van der Waals surface area (Å²) >= 11 is 11.4. The monoisotopic (exact) mass is 601 g/mol. The van der Waals surface area contributed by atoms with Crippen LogP contribution < -0.4 is 10.1 Å². The number of hydrogen-bond acceptors (Lipinski definition) is 4. The standard InChI is InChI=1S/C20H14Br3NO4S/c1-9-3-5-10(6-4-9)18-14(20(26)27)13(8-29-18)24-19(25)11-7-12(21)17(28-2)16(23)15(11)22/h3-8H,1-2H3,(H,24,25)(H,26,27). The van der Waals surface area contributed by atoms with E-state index >= 15 is 0 Å². The molecule has 9 heteroatoms. The van der Waals surface area contributed by atoms with Crippen molar-refractivity contribution in [2.45, 2.75) is 6.92 Å². The first-order valence-electron chi connectivity index (χ1n) is 8.19. The molecular weight excluding hydrogens is 590 g/mol. The van der Waals surface area contributed by atoms with Crippen LogP contribution in [0.5, 0.6) is 5.75 Å². The molecule has 0 unspecified atom stereocenters. The van der Waals surface area contributed by atoms with Gasteiger partial charge in [0.1, 0.15) is 11.3 Å². The summed E-state index contributed by atoms with van der Waals surface area (Å²) < 4.78 is 6.95. The quantitative estimate of drug-likeness (QED) is 0.309. The number of hydrogen-bond donors (Lipinski definition) is 2. The van der Waals surface area contributed by atoms with Crippen LogP contribution in [0.1, 0.15) is 26.3 Å². The number of methoxy groups -OCH3 is 1. The highest BCUT2D eigenvalue weighted by atomic mass is 79.9. The molecule has 1 aromatic heterocycles. The Morgan fingerprint density at radius 1 is 1.10 bits per heavy atom. The summed E-state index contributed by atoms with van der Waals surface area (Å²) in [6.07, 6.45) is 0. The summed E-state index contributed by atoms with van der Waals surface area (Å²) in [5.41, 5.74) is 2.50. The van der Waals surface area contributed by atoms with Crippen molar-refractivity contribution >= 4 is 76.7 Å². The molecule has 0 saturated heterocycles. The summed E-state index contributed by atoms with van der Waals surface area (Å²) in [6, 6.07) is 9.18. The molecule has 0 aliphatic carbocycles. The fourth-order valence-corrected chi connectivity index (χ4v) is 5.62. The molecule has 5 nitrogen and oxygen atoms in total. The second kappa shape index (κ2) is 8.99. The fourth-order valence-electron chi connectivity index (χ4n) is 2.70. The van der Waals surface area contributed by atoms with Crippen molar-refractivity contribution in [1.82, 2.24) is 0 Å². The minimum absolute atomic E-state index is 0.0648. The maximum Gasteiger partial charge on any atom is 0.339 e. The third-order valence-corrected chi connectivity index (χ3v) is 7.86. The predicted molar refractivity (Wildman–Crippen MR) is 125 cm³/mol. The molecule has 0 saturated carbocycles. The van der Waals surface area contributed by atoms with Crippen LogP contribution in [0.3, 0.4) is 0 Å². The number of thiophene rings is 1. The van der Waals surface area contributed by atoms with Crippen molar-refractivity contribution in [2.75, 3.05) is 12.4 Å². The highest BCUT2D eigenvalue weighted by Gasteiger charge is 2.24. The Morgan fingerprint density at radius 2 is 1.76 bits per heavy atom. The number of aromatic carboxylic acids is 1. The van der Waals surface area contributed by atoms with Gasteiger partial charge in [0.2, 0.25) is 0 Å². The largest absolute Gasteiger partial charge is 0.494 e. The minimum Gasteiger partial charge on any atom is -0.494 e. The molecule has 0 aliphatic rings. The Labute approximate surface area is 196 Å². The van der Waals surface area contributed by atoms with Gasteiger partial charge >= 0.3 is 5.97 Å². The number of aryl methyl sites for hydroxylation is 1. The molecule has 0 radical (unpaired) electrons. The van der Waals surface area contributed by atoms with Crippen LogP contribution in [0.4, 0.5) is 5.69 Å². The molecule has 3 aromatic rings. The Morgan fingerprint density at radius 3 is 2.34 bits per heavy atom. The summed E-state index contributed by atoms with van der Waals surface area (Å²) in [5.74, 6) is -1.01. The Bertz CT molecular complexity index is 1110. The van der Waals surface area contributed by atoms with Gasteiger partial charge in [-0.2, -0.15) is 0 Å². The maximum absolute atomic E-state index is 12.9. The zero-order valence-corrected chi connectivity index (χ0v) is 20.8. The highest BCUT2D eigenvalue weighted by Crippen LogP contribution is 2.42. The Hall–Kier alpha value is -1.68. The molecule has 0 aliphatic heterocycles. The molecular formula is C20H14Br3NO4S. The molecule has 0 atom stereocenters.